The van der Waals surface area contributed by atoms with Crippen LogP contribution in [0.2, 0.25) is 5.02 Å². The molecule has 0 aliphatic heterocycles. The zero-order valence-corrected chi connectivity index (χ0v) is 12.8. The number of nitrogens with zero attached hydrogens (tertiary/aromatic N) is 2. The first-order chi connectivity index (χ1) is 9.67. The predicted molar refractivity (Wildman–Crippen MR) is 85.5 cm³/mol. The van der Waals surface area contributed by atoms with E-state index < -0.39 is 0 Å². The molecule has 3 rings (SSSR count). The van der Waals surface area contributed by atoms with Crippen molar-refractivity contribution in [2.24, 2.45) is 0 Å². The van der Waals surface area contributed by atoms with Gasteiger partial charge in [-0.05, 0) is 30.9 Å². The molecule has 1 N–H and O–H groups in total. The summed E-state index contributed by atoms with van der Waals surface area (Å²) in [5.74, 6) is 1.68. The fourth-order valence-corrected chi connectivity index (χ4v) is 3.04. The number of H-pyrrole nitrogens is 1. The fourth-order valence-electron chi connectivity index (χ4n) is 2.12. The molecule has 3 aromatic rings. The van der Waals surface area contributed by atoms with Gasteiger partial charge in [-0.15, -0.1) is 11.8 Å². The first kappa shape index (κ1) is 13.5. The molecule has 0 unspecified atom stereocenters. The van der Waals surface area contributed by atoms with Gasteiger partial charge >= 0.3 is 0 Å². The number of aryl methyl sites for hydroxylation is 1. The topological polar surface area (TPSA) is 41.6 Å². The van der Waals surface area contributed by atoms with Crippen molar-refractivity contribution in [3.05, 3.63) is 41.0 Å². The average molecular weight is 304 g/mol. The van der Waals surface area contributed by atoms with Crippen molar-refractivity contribution >= 4 is 34.4 Å². The molecule has 0 saturated heterocycles. The SMILES string of the molecule is CCSc1nc(-c2cccc(Cl)c2)nc2[nH]c(C)cc12. The molecule has 0 aliphatic carbocycles. The van der Waals surface area contributed by atoms with Crippen LogP contribution in [0.1, 0.15) is 12.6 Å². The van der Waals surface area contributed by atoms with E-state index >= 15 is 0 Å². The van der Waals surface area contributed by atoms with Gasteiger partial charge in [0.25, 0.3) is 0 Å². The lowest BCUT2D eigenvalue weighted by Crippen LogP contribution is -1.93. The van der Waals surface area contributed by atoms with Gasteiger partial charge in [0.1, 0.15) is 10.7 Å². The van der Waals surface area contributed by atoms with Gasteiger partial charge in [0.15, 0.2) is 5.82 Å². The number of hydrogen-bond acceptors (Lipinski definition) is 3. The lowest BCUT2D eigenvalue weighted by molar-refractivity contribution is 1.10. The minimum atomic E-state index is 0.693. The third-order valence-corrected chi connectivity index (χ3v) is 4.06. The minimum absolute atomic E-state index is 0.693. The zero-order valence-electron chi connectivity index (χ0n) is 11.3. The second-order valence-electron chi connectivity index (χ2n) is 4.51. The lowest BCUT2D eigenvalue weighted by atomic mass is 10.2. The molecule has 0 bridgehead atoms. The van der Waals surface area contributed by atoms with Crippen molar-refractivity contribution in [1.82, 2.24) is 15.0 Å². The van der Waals surface area contributed by atoms with Crippen molar-refractivity contribution in [3.63, 3.8) is 0 Å². The van der Waals surface area contributed by atoms with E-state index in [0.29, 0.717) is 10.8 Å². The highest BCUT2D eigenvalue weighted by atomic mass is 35.5. The van der Waals surface area contributed by atoms with E-state index in [-0.39, 0.29) is 0 Å². The third-order valence-electron chi connectivity index (χ3n) is 2.95. The predicted octanol–water partition coefficient (Wildman–Crippen LogP) is 4.70. The summed E-state index contributed by atoms with van der Waals surface area (Å²) in [6.45, 7) is 4.15. The van der Waals surface area contributed by atoms with E-state index in [0.717, 1.165) is 33.1 Å². The summed E-state index contributed by atoms with van der Waals surface area (Å²) in [6, 6.07) is 9.72. The van der Waals surface area contributed by atoms with Crippen molar-refractivity contribution in [2.75, 3.05) is 5.75 Å². The van der Waals surface area contributed by atoms with Crippen LogP contribution in [0.3, 0.4) is 0 Å². The van der Waals surface area contributed by atoms with E-state index in [2.05, 4.69) is 27.9 Å². The van der Waals surface area contributed by atoms with Gasteiger partial charge in [-0.25, -0.2) is 9.97 Å². The second kappa shape index (κ2) is 5.46. The Morgan fingerprint density at radius 1 is 1.25 bits per heavy atom. The molecule has 0 aliphatic rings. The molecule has 1 aromatic carbocycles. The molecule has 2 aromatic heterocycles. The summed E-state index contributed by atoms with van der Waals surface area (Å²) in [7, 11) is 0. The number of aromatic amines is 1. The van der Waals surface area contributed by atoms with Crippen LogP contribution in [-0.4, -0.2) is 20.7 Å². The van der Waals surface area contributed by atoms with Gasteiger partial charge in [0, 0.05) is 16.3 Å². The van der Waals surface area contributed by atoms with Gasteiger partial charge in [-0.1, -0.05) is 30.7 Å². The largest absolute Gasteiger partial charge is 0.343 e. The number of rotatable bonds is 3. The number of fused-ring (bicyclic) bond motifs is 1. The van der Waals surface area contributed by atoms with Crippen molar-refractivity contribution < 1.29 is 0 Å². The van der Waals surface area contributed by atoms with Crippen LogP contribution in [0.25, 0.3) is 22.4 Å². The van der Waals surface area contributed by atoms with Crippen LogP contribution >= 0.6 is 23.4 Å². The zero-order chi connectivity index (χ0) is 14.1. The molecule has 2 heterocycles. The Bertz CT molecular complexity index is 767. The summed E-state index contributed by atoms with van der Waals surface area (Å²) in [6.07, 6.45) is 0. The molecule has 0 radical (unpaired) electrons. The van der Waals surface area contributed by atoms with Gasteiger partial charge < -0.3 is 4.98 Å². The molecule has 0 spiro atoms. The Hall–Kier alpha value is -1.52. The average Bonchev–Trinajstić information content (AvgIpc) is 2.79. The van der Waals surface area contributed by atoms with E-state index in [1.165, 1.54) is 0 Å². The fraction of sp³-hybridized carbons (Fsp3) is 0.200. The molecule has 102 valence electrons. The van der Waals surface area contributed by atoms with Crippen LogP contribution in [0.5, 0.6) is 0 Å². The maximum absolute atomic E-state index is 6.05. The highest BCUT2D eigenvalue weighted by molar-refractivity contribution is 7.99. The van der Waals surface area contributed by atoms with Gasteiger partial charge in [0.05, 0.1) is 5.39 Å². The molecule has 3 nitrogen and oxygen atoms in total. The number of hydrogen-bond donors (Lipinski definition) is 1. The summed E-state index contributed by atoms with van der Waals surface area (Å²) < 4.78 is 0. The van der Waals surface area contributed by atoms with Crippen LogP contribution in [0, 0.1) is 6.92 Å². The minimum Gasteiger partial charge on any atom is -0.343 e. The summed E-state index contributed by atoms with van der Waals surface area (Å²) in [4.78, 5) is 12.6. The lowest BCUT2D eigenvalue weighted by Gasteiger charge is -2.05. The van der Waals surface area contributed by atoms with Crippen molar-refractivity contribution in [1.29, 1.82) is 0 Å². The van der Waals surface area contributed by atoms with Crippen LogP contribution in [0.15, 0.2) is 35.4 Å². The molecular formula is C15H14ClN3S. The molecule has 0 amide bonds. The Morgan fingerprint density at radius 2 is 2.10 bits per heavy atom. The molecule has 0 saturated carbocycles. The normalized spacial score (nSPS) is 11.2. The smallest absolute Gasteiger partial charge is 0.162 e. The van der Waals surface area contributed by atoms with Crippen molar-refractivity contribution in [2.45, 2.75) is 18.9 Å². The summed E-state index contributed by atoms with van der Waals surface area (Å²) in [5.41, 5.74) is 2.91. The highest BCUT2D eigenvalue weighted by Crippen LogP contribution is 2.29. The summed E-state index contributed by atoms with van der Waals surface area (Å²) in [5, 5.41) is 2.79. The Labute approximate surface area is 126 Å². The maximum atomic E-state index is 6.05. The monoisotopic (exact) mass is 303 g/mol. The van der Waals surface area contributed by atoms with E-state index in [1.807, 2.05) is 31.2 Å². The quantitative estimate of drug-likeness (QED) is 0.563. The molecule has 20 heavy (non-hydrogen) atoms. The number of halogens is 1. The first-order valence-corrected chi connectivity index (χ1v) is 7.80. The standard InChI is InChI=1S/C15H14ClN3S/c1-3-20-15-12-7-9(2)17-14(12)18-13(19-15)10-5-4-6-11(16)8-10/h4-8H,3H2,1-2H3,(H,17,18,19). The Balaban J connectivity index is 2.21. The van der Waals surface area contributed by atoms with Gasteiger partial charge in [0.2, 0.25) is 0 Å². The van der Waals surface area contributed by atoms with E-state index in [9.17, 15) is 0 Å². The first-order valence-electron chi connectivity index (χ1n) is 6.43. The summed E-state index contributed by atoms with van der Waals surface area (Å²) >= 11 is 7.78. The van der Waals surface area contributed by atoms with E-state index in [1.54, 1.807) is 11.8 Å². The Morgan fingerprint density at radius 3 is 2.85 bits per heavy atom. The Kier molecular flexibility index (Phi) is 3.68. The number of benzene rings is 1. The maximum Gasteiger partial charge on any atom is 0.162 e. The molecule has 5 heteroatoms. The van der Waals surface area contributed by atoms with Gasteiger partial charge in [-0.2, -0.15) is 0 Å². The van der Waals surface area contributed by atoms with E-state index in [4.69, 9.17) is 11.6 Å². The second-order valence-corrected chi connectivity index (χ2v) is 6.20. The molecular weight excluding hydrogens is 290 g/mol. The highest BCUT2D eigenvalue weighted by Gasteiger charge is 2.11. The molecule has 0 fully saturated rings. The number of aromatic nitrogens is 3. The van der Waals surface area contributed by atoms with Crippen molar-refractivity contribution in [3.8, 4) is 11.4 Å². The van der Waals surface area contributed by atoms with Crippen LogP contribution in [0.4, 0.5) is 0 Å². The number of nitrogens with one attached hydrogen (secondary N) is 1. The van der Waals surface area contributed by atoms with Gasteiger partial charge in [-0.3, -0.25) is 0 Å². The molecule has 0 atom stereocenters. The third kappa shape index (κ3) is 2.53. The van der Waals surface area contributed by atoms with Crippen LogP contribution < -0.4 is 0 Å². The van der Waals surface area contributed by atoms with Crippen LogP contribution in [-0.2, 0) is 0 Å². The number of thioether (sulfide) groups is 1.